The summed E-state index contributed by atoms with van der Waals surface area (Å²) in [7, 11) is 0. The van der Waals surface area contributed by atoms with Gasteiger partial charge in [0.1, 0.15) is 0 Å². The van der Waals surface area contributed by atoms with E-state index >= 15 is 0 Å². The van der Waals surface area contributed by atoms with Crippen LogP contribution in [-0.4, -0.2) is 9.13 Å². The zero-order chi connectivity index (χ0) is 38.5. The van der Waals surface area contributed by atoms with Crippen LogP contribution in [0.1, 0.15) is 25.0 Å². The Bertz CT molecular complexity index is 3410. The lowest BCUT2D eigenvalue weighted by atomic mass is 9.81. The van der Waals surface area contributed by atoms with Crippen molar-refractivity contribution in [3.05, 3.63) is 205 Å². The summed E-state index contributed by atoms with van der Waals surface area (Å²) in [6.45, 7) is 4.77. The topological polar surface area (TPSA) is 9.86 Å². The summed E-state index contributed by atoms with van der Waals surface area (Å²) in [6.07, 6.45) is 0. The fraction of sp³-hybridized carbons (Fsp3) is 0.0545. The van der Waals surface area contributed by atoms with E-state index in [-0.39, 0.29) is 5.41 Å². The zero-order valence-electron chi connectivity index (χ0n) is 32.3. The summed E-state index contributed by atoms with van der Waals surface area (Å²) in [5, 5.41) is 5.07. The number of aromatic nitrogens is 2. The van der Waals surface area contributed by atoms with E-state index in [0.717, 1.165) is 11.4 Å². The number of hydrogen-bond acceptors (Lipinski definition) is 1. The molecule has 3 heterocycles. The first kappa shape index (κ1) is 33.2. The predicted molar refractivity (Wildman–Crippen MR) is 247 cm³/mol. The molecular formula is C55H38N2S. The van der Waals surface area contributed by atoms with Gasteiger partial charge in [0.05, 0.1) is 22.4 Å². The molecule has 0 N–H and O–H groups in total. The first-order valence-electron chi connectivity index (χ1n) is 20.1. The molecule has 1 aliphatic rings. The van der Waals surface area contributed by atoms with Gasteiger partial charge in [0, 0.05) is 58.9 Å². The van der Waals surface area contributed by atoms with Crippen LogP contribution >= 0.6 is 11.3 Å². The normalized spacial score (nSPS) is 13.1. The van der Waals surface area contributed by atoms with Gasteiger partial charge in [-0.3, -0.25) is 0 Å². The highest BCUT2D eigenvalue weighted by Gasteiger charge is 2.36. The van der Waals surface area contributed by atoms with E-state index in [0.29, 0.717) is 0 Å². The van der Waals surface area contributed by atoms with Crippen molar-refractivity contribution in [2.45, 2.75) is 19.3 Å². The molecule has 274 valence electrons. The summed E-state index contributed by atoms with van der Waals surface area (Å²) in [6, 6.07) is 71.9. The fourth-order valence-corrected chi connectivity index (χ4v) is 11.1. The Labute approximate surface area is 341 Å². The molecule has 11 aromatic rings. The molecule has 1 aliphatic carbocycles. The second-order valence-electron chi connectivity index (χ2n) is 16.1. The molecule has 0 amide bonds. The van der Waals surface area contributed by atoms with E-state index in [1.807, 2.05) is 11.3 Å². The molecule has 8 aromatic carbocycles. The SMILES string of the molecule is CC1(C)c2ccccc2-c2ccc(-c3c(-c4c(-c5ccccc5)n(-c5ccccc5)c5ccccc45)c4ccccc4n3-c3ccc4c(c3)sc3ccccc34)cc21. The number of nitrogens with zero attached hydrogens (tertiary/aromatic N) is 2. The molecule has 12 rings (SSSR count). The van der Waals surface area contributed by atoms with Crippen LogP contribution in [0.25, 0.3) is 98.1 Å². The van der Waals surface area contributed by atoms with Gasteiger partial charge in [-0.25, -0.2) is 0 Å². The van der Waals surface area contributed by atoms with Crippen LogP contribution in [0.4, 0.5) is 0 Å². The maximum atomic E-state index is 2.55. The Hall–Kier alpha value is -6.94. The van der Waals surface area contributed by atoms with Crippen molar-refractivity contribution in [2.24, 2.45) is 0 Å². The lowest BCUT2D eigenvalue weighted by Crippen LogP contribution is -2.15. The van der Waals surface area contributed by atoms with Crippen LogP contribution in [0.15, 0.2) is 194 Å². The van der Waals surface area contributed by atoms with E-state index in [1.54, 1.807) is 0 Å². The maximum Gasteiger partial charge on any atom is 0.0620 e. The third-order valence-electron chi connectivity index (χ3n) is 12.5. The monoisotopic (exact) mass is 758 g/mol. The summed E-state index contributed by atoms with van der Waals surface area (Å²) < 4.78 is 7.63. The van der Waals surface area contributed by atoms with E-state index in [2.05, 4.69) is 217 Å². The van der Waals surface area contributed by atoms with E-state index in [1.165, 1.54) is 97.9 Å². The molecule has 0 saturated carbocycles. The number of para-hydroxylation sites is 3. The minimum absolute atomic E-state index is 0.145. The van der Waals surface area contributed by atoms with Crippen molar-refractivity contribution in [2.75, 3.05) is 0 Å². The van der Waals surface area contributed by atoms with Gasteiger partial charge in [-0.05, 0) is 81.9 Å². The Morgan fingerprint density at radius 2 is 0.931 bits per heavy atom. The van der Waals surface area contributed by atoms with Gasteiger partial charge in [0.25, 0.3) is 0 Å². The number of benzene rings is 8. The van der Waals surface area contributed by atoms with Crippen molar-refractivity contribution < 1.29 is 0 Å². The molecule has 0 spiro atoms. The van der Waals surface area contributed by atoms with Gasteiger partial charge < -0.3 is 9.13 Å². The molecule has 0 atom stereocenters. The summed E-state index contributed by atoms with van der Waals surface area (Å²) in [4.78, 5) is 0. The molecule has 0 bridgehead atoms. The first-order chi connectivity index (χ1) is 28.6. The largest absolute Gasteiger partial charge is 0.309 e. The van der Waals surface area contributed by atoms with Crippen molar-refractivity contribution in [1.82, 2.24) is 9.13 Å². The van der Waals surface area contributed by atoms with Crippen LogP contribution < -0.4 is 0 Å². The molecule has 58 heavy (non-hydrogen) atoms. The Kier molecular flexibility index (Phi) is 7.18. The van der Waals surface area contributed by atoms with Crippen molar-refractivity contribution >= 4 is 53.3 Å². The Balaban J connectivity index is 1.25. The highest BCUT2D eigenvalue weighted by molar-refractivity contribution is 7.25. The predicted octanol–water partition coefficient (Wildman–Crippen LogP) is 15.2. The highest BCUT2D eigenvalue weighted by Crippen LogP contribution is 2.54. The summed E-state index contributed by atoms with van der Waals surface area (Å²) in [5.41, 5.74) is 17.2. The van der Waals surface area contributed by atoms with Gasteiger partial charge in [-0.2, -0.15) is 0 Å². The van der Waals surface area contributed by atoms with Crippen molar-refractivity contribution in [1.29, 1.82) is 0 Å². The minimum Gasteiger partial charge on any atom is -0.309 e. The first-order valence-corrected chi connectivity index (χ1v) is 20.9. The molecule has 3 heteroatoms. The third kappa shape index (κ3) is 4.71. The maximum absolute atomic E-state index is 2.55. The minimum atomic E-state index is -0.145. The molecule has 0 unspecified atom stereocenters. The molecule has 0 saturated heterocycles. The lowest BCUT2D eigenvalue weighted by Gasteiger charge is -2.22. The smallest absolute Gasteiger partial charge is 0.0620 e. The number of rotatable bonds is 5. The van der Waals surface area contributed by atoms with E-state index < -0.39 is 0 Å². The van der Waals surface area contributed by atoms with E-state index in [4.69, 9.17) is 0 Å². The molecule has 0 radical (unpaired) electrons. The third-order valence-corrected chi connectivity index (χ3v) is 13.7. The number of thiophene rings is 1. The Morgan fingerprint density at radius 3 is 1.67 bits per heavy atom. The summed E-state index contributed by atoms with van der Waals surface area (Å²) in [5.74, 6) is 0. The standard InChI is InChI=1S/C55H38N2S/c1-55(2)45-25-13-9-21-39(45)40-31-29-36(33-46(40)55)54-52(44-24-11-15-27-48(44)57(54)38-30-32-42-41-22-12-16-28-49(41)58-50(42)34-38)51-43-23-10-14-26-47(43)56(37-19-7-4-8-20-37)53(51)35-17-5-3-6-18-35/h3-34H,1-2H3. The lowest BCUT2D eigenvalue weighted by molar-refractivity contribution is 0.660. The van der Waals surface area contributed by atoms with Crippen LogP contribution in [0, 0.1) is 0 Å². The Morgan fingerprint density at radius 1 is 0.379 bits per heavy atom. The van der Waals surface area contributed by atoms with Crippen LogP contribution in [-0.2, 0) is 5.41 Å². The molecule has 2 nitrogen and oxygen atoms in total. The highest BCUT2D eigenvalue weighted by atomic mass is 32.1. The summed E-state index contributed by atoms with van der Waals surface area (Å²) >= 11 is 1.88. The second kappa shape index (κ2) is 12.5. The molecule has 0 fully saturated rings. The quantitative estimate of drug-likeness (QED) is 0.165. The number of hydrogen-bond donors (Lipinski definition) is 0. The fourth-order valence-electron chi connectivity index (χ4n) is 9.95. The zero-order valence-corrected chi connectivity index (χ0v) is 33.1. The van der Waals surface area contributed by atoms with Crippen LogP contribution in [0.5, 0.6) is 0 Å². The number of fused-ring (bicyclic) bond motifs is 8. The van der Waals surface area contributed by atoms with Gasteiger partial charge in [0.2, 0.25) is 0 Å². The van der Waals surface area contributed by atoms with Gasteiger partial charge in [0.15, 0.2) is 0 Å². The average Bonchev–Trinajstić information content (AvgIpc) is 3.99. The average molecular weight is 759 g/mol. The van der Waals surface area contributed by atoms with Gasteiger partial charge in [-0.15, -0.1) is 11.3 Å². The van der Waals surface area contributed by atoms with E-state index in [9.17, 15) is 0 Å². The van der Waals surface area contributed by atoms with Crippen LogP contribution in [0.3, 0.4) is 0 Å². The van der Waals surface area contributed by atoms with Gasteiger partial charge >= 0.3 is 0 Å². The molecular weight excluding hydrogens is 721 g/mol. The van der Waals surface area contributed by atoms with Crippen LogP contribution in [0.2, 0.25) is 0 Å². The molecule has 0 aliphatic heterocycles. The second-order valence-corrected chi connectivity index (χ2v) is 17.1. The molecule has 3 aromatic heterocycles. The van der Waals surface area contributed by atoms with Gasteiger partial charge in [-0.1, -0.05) is 159 Å². The van der Waals surface area contributed by atoms with Crippen molar-refractivity contribution in [3.8, 4) is 56.1 Å². The van der Waals surface area contributed by atoms with Crippen molar-refractivity contribution in [3.63, 3.8) is 0 Å².